The van der Waals surface area contributed by atoms with Crippen LogP contribution in [-0.2, 0) is 33.3 Å². The molecule has 2 heterocycles. The second-order valence-corrected chi connectivity index (χ2v) is 6.64. The molecule has 0 aromatic rings. The summed E-state index contributed by atoms with van der Waals surface area (Å²) in [5, 5.41) is 9.06. The maximum absolute atomic E-state index is 11.9. The molecule has 0 bridgehead atoms. The minimum atomic E-state index is -0.704. The smallest absolute Gasteiger partial charge is 0.330 e. The predicted octanol–water partition coefficient (Wildman–Crippen LogP) is 0.122. The highest BCUT2D eigenvalue weighted by Gasteiger charge is 2.52. The standard InChI is InChI=1S/C17H22O8/c18-6-7-24-17(4-1-2-14(19)23-10-11-9-22-11)5-3-12-13(8-17)16(21)25-15(12)20/h1-2,11-13,18H,3-10H2. The van der Waals surface area contributed by atoms with Gasteiger partial charge in [-0.2, -0.15) is 0 Å². The molecule has 3 fully saturated rings. The minimum absolute atomic E-state index is 0.0118. The average Bonchev–Trinajstić information content (AvgIpc) is 3.38. The maximum atomic E-state index is 11.9. The van der Waals surface area contributed by atoms with E-state index in [0.717, 1.165) is 0 Å². The van der Waals surface area contributed by atoms with Crippen molar-refractivity contribution in [2.75, 3.05) is 26.4 Å². The van der Waals surface area contributed by atoms with Crippen molar-refractivity contribution < 1.29 is 38.4 Å². The van der Waals surface area contributed by atoms with Crippen molar-refractivity contribution in [2.45, 2.75) is 37.4 Å². The lowest BCUT2D eigenvalue weighted by molar-refractivity contribution is -0.154. The van der Waals surface area contributed by atoms with Crippen molar-refractivity contribution in [1.29, 1.82) is 0 Å². The molecule has 138 valence electrons. The van der Waals surface area contributed by atoms with E-state index < -0.39 is 35.3 Å². The summed E-state index contributed by atoms with van der Waals surface area (Å²) in [5.74, 6) is -2.37. The number of rotatable bonds is 8. The third-order valence-electron chi connectivity index (χ3n) is 4.85. The molecule has 0 aromatic carbocycles. The Morgan fingerprint density at radius 2 is 2.08 bits per heavy atom. The number of aliphatic hydroxyl groups is 1. The third-order valence-corrected chi connectivity index (χ3v) is 4.85. The molecule has 1 N–H and O–H groups in total. The van der Waals surface area contributed by atoms with Crippen molar-refractivity contribution in [1.82, 2.24) is 0 Å². The van der Waals surface area contributed by atoms with Crippen LogP contribution in [0.3, 0.4) is 0 Å². The van der Waals surface area contributed by atoms with Gasteiger partial charge in [0.25, 0.3) is 0 Å². The van der Waals surface area contributed by atoms with Gasteiger partial charge in [0.1, 0.15) is 12.7 Å². The first-order chi connectivity index (χ1) is 12.0. The molecule has 8 heteroatoms. The Hall–Kier alpha value is -1.77. The molecule has 3 aliphatic rings. The van der Waals surface area contributed by atoms with Crippen LogP contribution >= 0.6 is 0 Å². The quantitative estimate of drug-likeness (QED) is 0.283. The van der Waals surface area contributed by atoms with Gasteiger partial charge < -0.3 is 24.1 Å². The molecular formula is C17H22O8. The average molecular weight is 354 g/mol. The van der Waals surface area contributed by atoms with Crippen LogP contribution in [0.5, 0.6) is 0 Å². The second-order valence-electron chi connectivity index (χ2n) is 6.64. The molecule has 3 rings (SSSR count). The van der Waals surface area contributed by atoms with E-state index in [1.165, 1.54) is 6.08 Å². The molecule has 0 aromatic heterocycles. The minimum Gasteiger partial charge on any atom is -0.460 e. The van der Waals surface area contributed by atoms with Crippen LogP contribution in [-0.4, -0.2) is 61.1 Å². The van der Waals surface area contributed by atoms with Gasteiger partial charge in [0.2, 0.25) is 0 Å². The van der Waals surface area contributed by atoms with Crippen molar-refractivity contribution >= 4 is 17.9 Å². The van der Waals surface area contributed by atoms with E-state index in [2.05, 4.69) is 0 Å². The van der Waals surface area contributed by atoms with Crippen molar-refractivity contribution in [3.8, 4) is 0 Å². The number of carbonyl (C=O) groups is 3. The van der Waals surface area contributed by atoms with Crippen LogP contribution in [0, 0.1) is 11.8 Å². The highest BCUT2D eigenvalue weighted by Crippen LogP contribution is 2.45. The Kier molecular flexibility index (Phi) is 5.51. The Morgan fingerprint density at radius 1 is 1.32 bits per heavy atom. The molecule has 1 saturated carbocycles. The van der Waals surface area contributed by atoms with Crippen LogP contribution in [0.1, 0.15) is 25.7 Å². The molecule has 2 saturated heterocycles. The van der Waals surface area contributed by atoms with Gasteiger partial charge >= 0.3 is 17.9 Å². The summed E-state index contributed by atoms with van der Waals surface area (Å²) in [7, 11) is 0. The second kappa shape index (κ2) is 7.63. The number of hydrogen-bond donors (Lipinski definition) is 1. The molecule has 0 amide bonds. The molecule has 1 aliphatic carbocycles. The molecular weight excluding hydrogens is 332 g/mol. The molecule has 4 unspecified atom stereocenters. The van der Waals surface area contributed by atoms with Gasteiger partial charge in [0, 0.05) is 6.08 Å². The SMILES string of the molecule is O=C(C=CCC1(OCCO)CCC2C(=O)OC(=O)C2C1)OCC1CO1. The van der Waals surface area contributed by atoms with Gasteiger partial charge in [-0.3, -0.25) is 9.59 Å². The Labute approximate surface area is 145 Å². The van der Waals surface area contributed by atoms with Crippen LogP contribution < -0.4 is 0 Å². The zero-order valence-electron chi connectivity index (χ0n) is 13.8. The number of fused-ring (bicyclic) bond motifs is 1. The molecule has 8 nitrogen and oxygen atoms in total. The summed E-state index contributed by atoms with van der Waals surface area (Å²) in [6.07, 6.45) is 4.73. The van der Waals surface area contributed by atoms with Crippen molar-refractivity contribution in [2.24, 2.45) is 11.8 Å². The molecule has 0 spiro atoms. The van der Waals surface area contributed by atoms with Gasteiger partial charge in [0.05, 0.1) is 37.3 Å². The van der Waals surface area contributed by atoms with E-state index in [9.17, 15) is 14.4 Å². The predicted molar refractivity (Wildman–Crippen MR) is 82.2 cm³/mol. The number of ether oxygens (including phenoxy) is 4. The van der Waals surface area contributed by atoms with Crippen molar-refractivity contribution in [3.05, 3.63) is 12.2 Å². The van der Waals surface area contributed by atoms with E-state index in [0.29, 0.717) is 32.3 Å². The third kappa shape index (κ3) is 4.45. The Morgan fingerprint density at radius 3 is 2.80 bits per heavy atom. The zero-order valence-corrected chi connectivity index (χ0v) is 13.8. The van der Waals surface area contributed by atoms with Crippen LogP contribution in [0.25, 0.3) is 0 Å². The van der Waals surface area contributed by atoms with Gasteiger partial charge in [-0.1, -0.05) is 6.08 Å². The lowest BCUT2D eigenvalue weighted by atomic mass is 9.71. The monoisotopic (exact) mass is 354 g/mol. The highest BCUT2D eigenvalue weighted by atomic mass is 16.6. The highest BCUT2D eigenvalue weighted by molar-refractivity contribution is 5.96. The van der Waals surface area contributed by atoms with Crippen LogP contribution in [0.2, 0.25) is 0 Å². The first-order valence-corrected chi connectivity index (χ1v) is 8.48. The number of cyclic esters (lactones) is 2. The fraction of sp³-hybridized carbons (Fsp3) is 0.706. The summed E-state index contributed by atoms with van der Waals surface area (Å²) >= 11 is 0. The molecule has 0 radical (unpaired) electrons. The topological polar surface area (TPSA) is 112 Å². The fourth-order valence-corrected chi connectivity index (χ4v) is 3.44. The molecule has 2 aliphatic heterocycles. The van der Waals surface area contributed by atoms with Crippen LogP contribution in [0.15, 0.2) is 12.2 Å². The first-order valence-electron chi connectivity index (χ1n) is 8.48. The first kappa shape index (κ1) is 18.0. The number of epoxide rings is 1. The summed E-state index contributed by atoms with van der Waals surface area (Å²) in [6.45, 7) is 0.837. The van der Waals surface area contributed by atoms with Crippen LogP contribution in [0.4, 0.5) is 0 Å². The number of hydrogen-bond acceptors (Lipinski definition) is 8. The number of aliphatic hydroxyl groups excluding tert-OH is 1. The fourth-order valence-electron chi connectivity index (χ4n) is 3.44. The van der Waals surface area contributed by atoms with E-state index in [-0.39, 0.29) is 25.9 Å². The zero-order chi connectivity index (χ0) is 17.9. The Bertz CT molecular complexity index is 567. The Balaban J connectivity index is 1.59. The van der Waals surface area contributed by atoms with Gasteiger partial charge in [-0.15, -0.1) is 0 Å². The molecule has 25 heavy (non-hydrogen) atoms. The van der Waals surface area contributed by atoms with E-state index in [1.807, 2.05) is 0 Å². The molecule has 4 atom stereocenters. The maximum Gasteiger partial charge on any atom is 0.330 e. The van der Waals surface area contributed by atoms with E-state index in [4.69, 9.17) is 24.1 Å². The van der Waals surface area contributed by atoms with E-state index >= 15 is 0 Å². The van der Waals surface area contributed by atoms with Gasteiger partial charge in [-0.05, 0) is 25.7 Å². The lowest BCUT2D eigenvalue weighted by Crippen LogP contribution is -2.43. The summed E-state index contributed by atoms with van der Waals surface area (Å²) in [4.78, 5) is 35.2. The number of carbonyl (C=O) groups excluding carboxylic acids is 3. The van der Waals surface area contributed by atoms with Crippen molar-refractivity contribution in [3.63, 3.8) is 0 Å². The van der Waals surface area contributed by atoms with Gasteiger partial charge in [0.15, 0.2) is 0 Å². The van der Waals surface area contributed by atoms with Gasteiger partial charge in [-0.25, -0.2) is 4.79 Å². The summed E-state index contributed by atoms with van der Waals surface area (Å²) < 4.78 is 20.5. The summed E-state index contributed by atoms with van der Waals surface area (Å²) in [5.41, 5.74) is -0.704. The summed E-state index contributed by atoms with van der Waals surface area (Å²) in [6, 6.07) is 0. The largest absolute Gasteiger partial charge is 0.460 e. The number of esters is 3. The lowest BCUT2D eigenvalue weighted by Gasteiger charge is -2.39. The van der Waals surface area contributed by atoms with E-state index in [1.54, 1.807) is 6.08 Å². The normalized spacial score (nSPS) is 34.0.